The number of ether oxygens (including phenoxy) is 1. The molecular weight excluding hydrogens is 398 g/mol. The van der Waals surface area contributed by atoms with Crippen LogP contribution in [0.1, 0.15) is 44.7 Å². The van der Waals surface area contributed by atoms with E-state index in [4.69, 9.17) is 15.6 Å². The molecule has 2 aromatic rings. The Morgan fingerprint density at radius 3 is 2.53 bits per heavy atom. The second-order valence-electron chi connectivity index (χ2n) is 8.78. The van der Waals surface area contributed by atoms with Crippen molar-refractivity contribution >= 4 is 11.5 Å². The van der Waals surface area contributed by atoms with E-state index in [1.807, 2.05) is 56.3 Å². The summed E-state index contributed by atoms with van der Waals surface area (Å²) in [7, 11) is 2.21. The van der Waals surface area contributed by atoms with Gasteiger partial charge in [0.2, 0.25) is 0 Å². The number of benzene rings is 1. The summed E-state index contributed by atoms with van der Waals surface area (Å²) in [6.07, 6.45) is 9.36. The summed E-state index contributed by atoms with van der Waals surface area (Å²) in [4.78, 5) is 2.42. The van der Waals surface area contributed by atoms with E-state index < -0.39 is 0 Å². The lowest BCUT2D eigenvalue weighted by molar-refractivity contribution is 0.160. The molecule has 0 aliphatic carbocycles. The highest BCUT2D eigenvalue weighted by Gasteiger charge is 2.33. The highest BCUT2D eigenvalue weighted by molar-refractivity contribution is 5.84. The molecule has 1 saturated heterocycles. The van der Waals surface area contributed by atoms with E-state index in [9.17, 15) is 0 Å². The summed E-state index contributed by atoms with van der Waals surface area (Å²) >= 11 is 0. The van der Waals surface area contributed by atoms with Gasteiger partial charge >= 0.3 is 0 Å². The van der Waals surface area contributed by atoms with Crippen LogP contribution in [0.4, 0.5) is 5.82 Å². The van der Waals surface area contributed by atoms with E-state index in [-0.39, 0.29) is 0 Å². The van der Waals surface area contributed by atoms with Crippen LogP contribution in [0.3, 0.4) is 0 Å². The van der Waals surface area contributed by atoms with Crippen LogP contribution in [0.25, 0.3) is 17.0 Å². The summed E-state index contributed by atoms with van der Waals surface area (Å²) in [5.41, 5.74) is 9.63. The molecule has 6 nitrogen and oxygen atoms in total. The molecule has 32 heavy (non-hydrogen) atoms. The van der Waals surface area contributed by atoms with Gasteiger partial charge in [0.1, 0.15) is 23.0 Å². The highest BCUT2D eigenvalue weighted by atomic mass is 16.5. The predicted molar refractivity (Wildman–Crippen MR) is 132 cm³/mol. The second-order valence-corrected chi connectivity index (χ2v) is 8.78. The second kappa shape index (κ2) is 9.65. The Kier molecular flexibility index (Phi) is 6.70. The fourth-order valence-corrected chi connectivity index (χ4v) is 4.83. The Balaban J connectivity index is 1.66. The largest absolute Gasteiger partial charge is 0.458 e. The quantitative estimate of drug-likeness (QED) is 0.494. The maximum Gasteiger partial charge on any atom is 0.134 e. The van der Waals surface area contributed by atoms with Crippen molar-refractivity contribution in [2.45, 2.75) is 39.2 Å². The molecule has 1 aromatic heterocycles. The van der Waals surface area contributed by atoms with Gasteiger partial charge in [-0.05, 0) is 95.6 Å². The average Bonchev–Trinajstić information content (AvgIpc) is 3.20. The van der Waals surface area contributed by atoms with Crippen molar-refractivity contribution in [2.24, 2.45) is 11.7 Å². The van der Waals surface area contributed by atoms with Crippen LogP contribution < -0.4 is 15.8 Å². The zero-order valence-corrected chi connectivity index (χ0v) is 19.5. The Morgan fingerprint density at radius 1 is 1.19 bits per heavy atom. The molecule has 6 heteroatoms. The molecule has 2 aliphatic rings. The van der Waals surface area contributed by atoms with E-state index in [0.717, 1.165) is 60.2 Å². The van der Waals surface area contributed by atoms with Crippen LogP contribution in [-0.4, -0.2) is 41.4 Å². The summed E-state index contributed by atoms with van der Waals surface area (Å²) < 4.78 is 8.14. The number of aromatic nitrogens is 2. The first kappa shape index (κ1) is 22.2. The maximum atomic E-state index is 6.28. The zero-order chi connectivity index (χ0) is 22.7. The molecule has 1 aromatic carbocycles. The monoisotopic (exact) mass is 433 g/mol. The summed E-state index contributed by atoms with van der Waals surface area (Å²) in [6.45, 7) is 11.2. The molecule has 1 unspecified atom stereocenters. The fourth-order valence-electron chi connectivity index (χ4n) is 4.83. The van der Waals surface area contributed by atoms with Gasteiger partial charge in [-0.15, -0.1) is 0 Å². The number of nitrogens with two attached hydrogens (primary N) is 1. The number of likely N-dealkylation sites (tertiary alicyclic amines) is 1. The molecule has 170 valence electrons. The highest BCUT2D eigenvalue weighted by Crippen LogP contribution is 2.41. The minimum Gasteiger partial charge on any atom is -0.458 e. The molecule has 0 saturated carbocycles. The summed E-state index contributed by atoms with van der Waals surface area (Å²) in [5.74, 6) is 3.26. The number of nitrogens with zero attached hydrogens (tertiary/aromatic N) is 3. The minimum absolute atomic E-state index is 0.396. The van der Waals surface area contributed by atoms with E-state index >= 15 is 0 Å². The minimum atomic E-state index is 0.396. The van der Waals surface area contributed by atoms with Gasteiger partial charge in [-0.1, -0.05) is 12.7 Å². The van der Waals surface area contributed by atoms with Gasteiger partial charge in [0, 0.05) is 17.8 Å². The van der Waals surface area contributed by atoms with E-state index in [1.54, 1.807) is 0 Å². The SMILES string of the molecule is C=C(N)c1c(-c2ccc(OC(/C=C\C)=C/C)cc2)nn2c1NCCC2C1CCN(C)CC1. The van der Waals surface area contributed by atoms with Crippen LogP contribution in [0.15, 0.2) is 54.8 Å². The predicted octanol–water partition coefficient (Wildman–Crippen LogP) is 5.04. The average molecular weight is 434 g/mol. The van der Waals surface area contributed by atoms with Gasteiger partial charge < -0.3 is 20.7 Å². The molecule has 3 heterocycles. The first-order valence-electron chi connectivity index (χ1n) is 11.6. The number of hydrogen-bond acceptors (Lipinski definition) is 5. The smallest absolute Gasteiger partial charge is 0.134 e. The first-order chi connectivity index (χ1) is 15.5. The van der Waals surface area contributed by atoms with Gasteiger partial charge in [-0.2, -0.15) is 5.10 Å². The van der Waals surface area contributed by atoms with Crippen molar-refractivity contribution < 1.29 is 4.74 Å². The number of rotatable bonds is 6. The van der Waals surface area contributed by atoms with Crippen molar-refractivity contribution in [1.29, 1.82) is 0 Å². The van der Waals surface area contributed by atoms with Crippen LogP contribution in [0.2, 0.25) is 0 Å². The molecular formula is C26H35N5O. The number of allylic oxidation sites excluding steroid dienone is 3. The lowest BCUT2D eigenvalue weighted by Gasteiger charge is -2.37. The van der Waals surface area contributed by atoms with Gasteiger partial charge in [0.05, 0.1) is 11.6 Å². The number of nitrogens with one attached hydrogen (secondary N) is 1. The molecule has 1 fully saturated rings. The van der Waals surface area contributed by atoms with E-state index in [1.165, 1.54) is 12.8 Å². The van der Waals surface area contributed by atoms with Gasteiger partial charge in [0.15, 0.2) is 0 Å². The Bertz CT molecular complexity index is 1010. The van der Waals surface area contributed by atoms with Crippen molar-refractivity contribution in [3.8, 4) is 17.0 Å². The third-order valence-electron chi connectivity index (χ3n) is 6.56. The van der Waals surface area contributed by atoms with E-state index in [2.05, 4.69) is 28.5 Å². The van der Waals surface area contributed by atoms with Crippen molar-refractivity contribution in [3.05, 3.63) is 60.4 Å². The number of piperidine rings is 1. The van der Waals surface area contributed by atoms with Crippen LogP contribution in [0.5, 0.6) is 5.75 Å². The number of hydrogen-bond donors (Lipinski definition) is 2. The van der Waals surface area contributed by atoms with Crippen molar-refractivity contribution in [3.63, 3.8) is 0 Å². The lowest BCUT2D eigenvalue weighted by atomic mass is 9.87. The summed E-state index contributed by atoms with van der Waals surface area (Å²) in [5, 5.41) is 8.64. The molecule has 3 N–H and O–H groups in total. The van der Waals surface area contributed by atoms with Crippen LogP contribution >= 0.6 is 0 Å². The van der Waals surface area contributed by atoms with Crippen molar-refractivity contribution in [1.82, 2.24) is 14.7 Å². The third kappa shape index (κ3) is 4.46. The van der Waals surface area contributed by atoms with Crippen LogP contribution in [0, 0.1) is 5.92 Å². The first-order valence-corrected chi connectivity index (χ1v) is 11.6. The zero-order valence-electron chi connectivity index (χ0n) is 19.5. The number of fused-ring (bicyclic) bond motifs is 1. The topological polar surface area (TPSA) is 68.3 Å². The standard InChI is InChI=1S/C26H35N5O/c1-5-7-21(6-2)32-22-10-8-20(9-11-22)25-24(18(3)27)26-28-15-12-23(31(26)29-25)19-13-16-30(4)17-14-19/h5-11,19,23,28H,3,12-17,27H2,1-2,4H3/b7-5-,21-6+. The third-order valence-corrected chi connectivity index (χ3v) is 6.56. The Hall–Kier alpha value is -2.99. The number of anilines is 1. The normalized spacial score (nSPS) is 20.2. The molecule has 0 spiro atoms. The van der Waals surface area contributed by atoms with E-state index in [0.29, 0.717) is 17.7 Å². The van der Waals surface area contributed by atoms with Gasteiger partial charge in [0.25, 0.3) is 0 Å². The molecule has 1 atom stereocenters. The maximum absolute atomic E-state index is 6.28. The molecule has 0 radical (unpaired) electrons. The summed E-state index contributed by atoms with van der Waals surface area (Å²) in [6, 6.07) is 8.44. The van der Waals surface area contributed by atoms with Gasteiger partial charge in [-0.3, -0.25) is 0 Å². The Morgan fingerprint density at radius 2 is 1.91 bits per heavy atom. The van der Waals surface area contributed by atoms with Gasteiger partial charge in [-0.25, -0.2) is 4.68 Å². The van der Waals surface area contributed by atoms with Crippen molar-refractivity contribution in [2.75, 3.05) is 32.0 Å². The van der Waals surface area contributed by atoms with Crippen LogP contribution in [-0.2, 0) is 0 Å². The molecule has 4 rings (SSSR count). The Labute approximate surface area is 191 Å². The lowest BCUT2D eigenvalue weighted by Crippen LogP contribution is -2.37. The molecule has 0 amide bonds. The fraction of sp³-hybridized carbons (Fsp3) is 0.423. The molecule has 2 aliphatic heterocycles. The molecule has 0 bridgehead atoms.